The van der Waals surface area contributed by atoms with Crippen LogP contribution in [0, 0.1) is 17.8 Å². The highest BCUT2D eigenvalue weighted by molar-refractivity contribution is 5.74. The lowest BCUT2D eigenvalue weighted by atomic mass is 9.52. The van der Waals surface area contributed by atoms with Crippen LogP contribution < -0.4 is 9.80 Å². The maximum Gasteiger partial charge on any atom is 0.162 e. The standard InChI is InChI=1S/C39H44N4O2/c1-4-22-20-40-16-14-37-25-10-6-8-12-28(25)42-33(37)32(24(22)18-30(37)40)34-43-29-13-9-7-11-26(29)38-15-17-41-21-23(5-2)27(19-31(38)41)39(45-34,35(38)43)36(42)44-3/h4-13,24,27,30-36H,14-21H2,1-3H3/t24-,27-,30-,31+,32-,33-,34-,35+,36+,37-,38+,39+/m0/s1. The monoisotopic (exact) mass is 600 g/mol. The summed E-state index contributed by atoms with van der Waals surface area (Å²) in [6, 6.07) is 20.9. The summed E-state index contributed by atoms with van der Waals surface area (Å²) in [5, 5.41) is 0. The first-order chi connectivity index (χ1) is 22.1. The largest absolute Gasteiger partial charge is 0.358 e. The van der Waals surface area contributed by atoms with E-state index < -0.39 is 5.60 Å². The van der Waals surface area contributed by atoms with Gasteiger partial charge >= 0.3 is 0 Å². The fourth-order valence-electron chi connectivity index (χ4n) is 14.6. The van der Waals surface area contributed by atoms with Gasteiger partial charge in [0.15, 0.2) is 6.23 Å². The number of ether oxygens (including phenoxy) is 2. The summed E-state index contributed by atoms with van der Waals surface area (Å²) in [5.74, 6) is 1.24. The molecule has 45 heavy (non-hydrogen) atoms. The minimum Gasteiger partial charge on any atom is -0.358 e. The van der Waals surface area contributed by atoms with Gasteiger partial charge in [0.1, 0.15) is 11.8 Å². The van der Waals surface area contributed by atoms with Gasteiger partial charge in [0, 0.05) is 66.3 Å². The highest BCUT2D eigenvalue weighted by Crippen LogP contribution is 2.74. The van der Waals surface area contributed by atoms with E-state index in [-0.39, 0.29) is 29.3 Å². The number of anilines is 2. The Morgan fingerprint density at radius 3 is 2.18 bits per heavy atom. The molecule has 12 rings (SSSR count). The maximum atomic E-state index is 8.15. The van der Waals surface area contributed by atoms with Crippen LogP contribution in [0.25, 0.3) is 0 Å². The van der Waals surface area contributed by atoms with Crippen molar-refractivity contribution >= 4 is 11.4 Å². The van der Waals surface area contributed by atoms with Gasteiger partial charge in [0.2, 0.25) is 0 Å². The number of fused-ring (bicyclic) bond motifs is 10. The number of hydrogen-bond donors (Lipinski definition) is 0. The van der Waals surface area contributed by atoms with Crippen molar-refractivity contribution in [1.29, 1.82) is 0 Å². The zero-order valence-electron chi connectivity index (χ0n) is 26.7. The molecule has 0 amide bonds. The number of rotatable bonds is 1. The van der Waals surface area contributed by atoms with Crippen LogP contribution in [0.3, 0.4) is 0 Å². The summed E-state index contributed by atoms with van der Waals surface area (Å²) in [7, 11) is 2.01. The summed E-state index contributed by atoms with van der Waals surface area (Å²) in [6.45, 7) is 9.15. The van der Waals surface area contributed by atoms with Crippen LogP contribution in [0.2, 0.25) is 0 Å². The maximum absolute atomic E-state index is 8.15. The van der Waals surface area contributed by atoms with Gasteiger partial charge < -0.3 is 19.3 Å². The molecular formula is C39H44N4O2. The van der Waals surface area contributed by atoms with Crippen LogP contribution in [0.4, 0.5) is 11.4 Å². The van der Waals surface area contributed by atoms with Gasteiger partial charge in [-0.05, 0) is 81.8 Å². The predicted octanol–water partition coefficient (Wildman–Crippen LogP) is 5.05. The molecule has 0 unspecified atom stereocenters. The number of benzene rings is 2. The van der Waals surface area contributed by atoms with Gasteiger partial charge in [-0.3, -0.25) is 9.80 Å². The molecule has 10 aliphatic rings. The van der Waals surface area contributed by atoms with Crippen molar-refractivity contribution < 1.29 is 9.47 Å². The van der Waals surface area contributed by atoms with E-state index in [1.807, 2.05) is 7.11 Å². The van der Waals surface area contributed by atoms with Crippen molar-refractivity contribution in [3.63, 3.8) is 0 Å². The molecule has 3 spiro atoms. The molecule has 6 bridgehead atoms. The van der Waals surface area contributed by atoms with E-state index in [0.717, 1.165) is 13.1 Å². The van der Waals surface area contributed by atoms with Crippen LogP contribution in [0.1, 0.15) is 50.7 Å². The number of methoxy groups -OCH3 is 1. The van der Waals surface area contributed by atoms with E-state index in [1.54, 1.807) is 22.3 Å². The lowest BCUT2D eigenvalue weighted by Gasteiger charge is -2.63. The Hall–Kier alpha value is -2.64. The van der Waals surface area contributed by atoms with Gasteiger partial charge in [-0.2, -0.15) is 0 Å². The Kier molecular flexibility index (Phi) is 4.47. The second-order valence-electron chi connectivity index (χ2n) is 16.1. The molecule has 6 saturated heterocycles. The van der Waals surface area contributed by atoms with Crippen LogP contribution >= 0.6 is 0 Å². The average Bonchev–Trinajstić information content (AvgIpc) is 3.86. The van der Waals surface area contributed by atoms with E-state index in [0.29, 0.717) is 35.9 Å². The SMILES string of the molecule is CC=C1CN2CC[C@@]34c5ccccc5N5[C@H]3[C@H]([C@H]1C[C@H]24)[C@@H]1O[C@]2([C@@H]3N1c1ccccc1[C@@]31CCN3CC(=CC)[C@@H]2C[C@@H]31)[C@H]5OC. The van der Waals surface area contributed by atoms with Crippen molar-refractivity contribution in [3.05, 3.63) is 83.0 Å². The van der Waals surface area contributed by atoms with Gasteiger partial charge in [-0.25, -0.2) is 0 Å². The number of para-hydroxylation sites is 2. The summed E-state index contributed by atoms with van der Waals surface area (Å²) in [4.78, 5) is 11.5. The molecule has 0 radical (unpaired) electrons. The van der Waals surface area contributed by atoms with Crippen LogP contribution in [-0.4, -0.2) is 85.3 Å². The first-order valence-electron chi connectivity index (χ1n) is 17.9. The van der Waals surface area contributed by atoms with E-state index in [2.05, 4.69) is 94.1 Å². The van der Waals surface area contributed by atoms with Crippen molar-refractivity contribution in [2.75, 3.05) is 43.1 Å². The van der Waals surface area contributed by atoms with E-state index in [1.165, 1.54) is 50.1 Å². The van der Waals surface area contributed by atoms with Crippen molar-refractivity contribution in [2.24, 2.45) is 17.8 Å². The normalized spacial score (nSPS) is 50.6. The van der Waals surface area contributed by atoms with Crippen LogP contribution in [-0.2, 0) is 20.3 Å². The zero-order valence-corrected chi connectivity index (χ0v) is 26.7. The van der Waals surface area contributed by atoms with E-state index >= 15 is 0 Å². The molecule has 12 atom stereocenters. The molecule has 8 heterocycles. The number of nitrogens with zero attached hydrogens (tertiary/aromatic N) is 4. The third-order valence-corrected chi connectivity index (χ3v) is 15.6. The molecular weight excluding hydrogens is 556 g/mol. The smallest absolute Gasteiger partial charge is 0.162 e. The van der Waals surface area contributed by atoms with Gasteiger partial charge in [-0.1, -0.05) is 59.7 Å². The van der Waals surface area contributed by atoms with Crippen molar-refractivity contribution in [2.45, 2.75) is 92.6 Å². The Morgan fingerprint density at radius 2 is 1.44 bits per heavy atom. The third kappa shape index (κ3) is 2.37. The van der Waals surface area contributed by atoms with Gasteiger partial charge in [-0.15, -0.1) is 0 Å². The minimum absolute atomic E-state index is 0.0360. The molecule has 232 valence electrons. The second-order valence-corrected chi connectivity index (χ2v) is 16.1. The van der Waals surface area contributed by atoms with E-state index in [4.69, 9.17) is 9.47 Å². The Labute approximate surface area is 266 Å². The van der Waals surface area contributed by atoms with Gasteiger partial charge in [0.05, 0.1) is 12.1 Å². The lowest BCUT2D eigenvalue weighted by Crippen LogP contribution is -2.77. The average molecular weight is 601 g/mol. The minimum atomic E-state index is -0.453. The fraction of sp³-hybridized carbons (Fsp3) is 0.590. The van der Waals surface area contributed by atoms with Crippen molar-refractivity contribution in [1.82, 2.24) is 9.80 Å². The fourth-order valence-corrected chi connectivity index (χ4v) is 14.6. The predicted molar refractivity (Wildman–Crippen MR) is 174 cm³/mol. The molecule has 8 fully saturated rings. The lowest BCUT2D eigenvalue weighted by molar-refractivity contribution is -0.184. The van der Waals surface area contributed by atoms with Crippen LogP contribution in [0.15, 0.2) is 71.8 Å². The summed E-state index contributed by atoms with van der Waals surface area (Å²) in [5.41, 5.74) is 9.05. The summed E-state index contributed by atoms with van der Waals surface area (Å²) in [6.07, 6.45) is 9.68. The molecule has 6 heteroatoms. The van der Waals surface area contributed by atoms with E-state index in [9.17, 15) is 0 Å². The molecule has 0 N–H and O–H groups in total. The van der Waals surface area contributed by atoms with Crippen molar-refractivity contribution in [3.8, 4) is 0 Å². The Morgan fingerprint density at radius 1 is 0.800 bits per heavy atom. The summed E-state index contributed by atoms with van der Waals surface area (Å²) < 4.78 is 15.2. The Balaban J connectivity index is 1.21. The van der Waals surface area contributed by atoms with Gasteiger partial charge in [0.25, 0.3) is 0 Å². The highest BCUT2D eigenvalue weighted by Gasteiger charge is 2.84. The molecule has 6 nitrogen and oxygen atoms in total. The topological polar surface area (TPSA) is 31.4 Å². The number of hydrogen-bond acceptors (Lipinski definition) is 6. The molecule has 0 aromatic heterocycles. The molecule has 2 saturated carbocycles. The first-order valence-corrected chi connectivity index (χ1v) is 17.9. The first kappa shape index (κ1) is 25.4. The quantitative estimate of drug-likeness (QED) is 0.427. The highest BCUT2D eigenvalue weighted by atomic mass is 16.6. The molecule has 2 aromatic carbocycles. The third-order valence-electron chi connectivity index (χ3n) is 15.6. The Bertz CT molecular complexity index is 1750. The molecule has 2 aliphatic carbocycles. The van der Waals surface area contributed by atoms with Crippen LogP contribution in [0.5, 0.6) is 0 Å². The molecule has 8 aliphatic heterocycles. The number of piperidine rings is 2. The second kappa shape index (κ2) is 7.90. The number of allylic oxidation sites excluding steroid dienone is 2. The molecule has 2 aromatic rings. The summed E-state index contributed by atoms with van der Waals surface area (Å²) >= 11 is 0. The zero-order chi connectivity index (χ0) is 29.6.